The Morgan fingerprint density at radius 3 is 2.56 bits per heavy atom. The second-order valence-corrected chi connectivity index (χ2v) is 10.4. The summed E-state index contributed by atoms with van der Waals surface area (Å²) in [5.41, 5.74) is 5.54. The van der Waals surface area contributed by atoms with Gasteiger partial charge in [-0.3, -0.25) is 4.79 Å². The molecule has 5 heteroatoms. The van der Waals surface area contributed by atoms with Crippen LogP contribution in [0.2, 0.25) is 25.7 Å². The van der Waals surface area contributed by atoms with E-state index in [1.54, 1.807) is 11.1 Å². The third-order valence-electron chi connectivity index (χ3n) is 1.92. The SMILES string of the molecule is C=CN(/C=C(\N)C=O)COCC[Si](C)(C)C. The molecule has 0 spiro atoms. The lowest BCUT2D eigenvalue weighted by Gasteiger charge is -2.18. The molecule has 0 fully saturated rings. The van der Waals surface area contributed by atoms with Gasteiger partial charge in [0.15, 0.2) is 6.29 Å². The molecule has 0 aromatic heterocycles. The standard InChI is InChI=1S/C11H22N2O2Si/c1-5-13(8-11(12)9-14)10-15-6-7-16(2,3)4/h5,8-9H,1,6-7,10,12H2,2-4H3/b11-8-. The highest BCUT2D eigenvalue weighted by molar-refractivity contribution is 6.76. The zero-order valence-corrected chi connectivity index (χ0v) is 11.4. The molecule has 0 rings (SSSR count). The molecule has 0 aromatic carbocycles. The summed E-state index contributed by atoms with van der Waals surface area (Å²) in [6.45, 7) is 11.6. The summed E-state index contributed by atoms with van der Waals surface area (Å²) < 4.78 is 5.48. The van der Waals surface area contributed by atoms with E-state index >= 15 is 0 Å². The minimum absolute atomic E-state index is 0.161. The molecule has 0 unspecified atom stereocenters. The lowest BCUT2D eigenvalue weighted by Crippen LogP contribution is -2.24. The maximum absolute atomic E-state index is 10.3. The second-order valence-electron chi connectivity index (χ2n) is 4.79. The molecule has 0 aliphatic heterocycles. The first-order valence-corrected chi connectivity index (χ1v) is 8.98. The number of nitrogens with zero attached hydrogens (tertiary/aromatic N) is 1. The summed E-state index contributed by atoms with van der Waals surface area (Å²) >= 11 is 0. The van der Waals surface area contributed by atoms with Gasteiger partial charge in [0.1, 0.15) is 6.73 Å². The van der Waals surface area contributed by atoms with Crippen LogP contribution in [0.3, 0.4) is 0 Å². The highest BCUT2D eigenvalue weighted by Crippen LogP contribution is 2.07. The van der Waals surface area contributed by atoms with Gasteiger partial charge in [0.05, 0.1) is 5.70 Å². The number of allylic oxidation sites excluding steroid dienone is 1. The van der Waals surface area contributed by atoms with Gasteiger partial charge < -0.3 is 15.4 Å². The van der Waals surface area contributed by atoms with E-state index in [1.807, 2.05) is 0 Å². The largest absolute Gasteiger partial charge is 0.395 e. The number of rotatable bonds is 8. The Morgan fingerprint density at radius 1 is 1.50 bits per heavy atom. The van der Waals surface area contributed by atoms with Crippen molar-refractivity contribution in [3.63, 3.8) is 0 Å². The monoisotopic (exact) mass is 242 g/mol. The molecule has 16 heavy (non-hydrogen) atoms. The fourth-order valence-electron chi connectivity index (χ4n) is 0.913. The molecule has 4 nitrogen and oxygen atoms in total. The zero-order chi connectivity index (χ0) is 12.6. The molecule has 2 N–H and O–H groups in total. The quantitative estimate of drug-likeness (QED) is 0.232. The van der Waals surface area contributed by atoms with Gasteiger partial charge in [0.25, 0.3) is 0 Å². The van der Waals surface area contributed by atoms with Crippen molar-refractivity contribution < 1.29 is 9.53 Å². The Kier molecular flexibility index (Phi) is 6.76. The van der Waals surface area contributed by atoms with Crippen LogP contribution in [0.15, 0.2) is 24.7 Å². The van der Waals surface area contributed by atoms with Gasteiger partial charge in [-0.15, -0.1) is 0 Å². The predicted octanol–water partition coefficient (Wildman–Crippen LogP) is 1.74. The molecule has 0 saturated heterocycles. The summed E-state index contributed by atoms with van der Waals surface area (Å²) in [6, 6.07) is 1.12. The summed E-state index contributed by atoms with van der Waals surface area (Å²) in [7, 11) is -1.04. The van der Waals surface area contributed by atoms with Crippen molar-refractivity contribution in [1.29, 1.82) is 0 Å². The molecular weight excluding hydrogens is 220 g/mol. The van der Waals surface area contributed by atoms with Crippen LogP contribution >= 0.6 is 0 Å². The lowest BCUT2D eigenvalue weighted by molar-refractivity contribution is -0.105. The van der Waals surface area contributed by atoms with E-state index in [9.17, 15) is 4.79 Å². The van der Waals surface area contributed by atoms with Crippen LogP contribution in [0.5, 0.6) is 0 Å². The van der Waals surface area contributed by atoms with Crippen LogP contribution in [0.1, 0.15) is 0 Å². The third-order valence-corrected chi connectivity index (χ3v) is 3.63. The summed E-state index contributed by atoms with van der Waals surface area (Å²) in [6.07, 6.45) is 3.68. The number of nitrogens with two attached hydrogens (primary N) is 1. The first-order valence-electron chi connectivity index (χ1n) is 5.27. The molecule has 0 heterocycles. The minimum atomic E-state index is -1.04. The van der Waals surface area contributed by atoms with Gasteiger partial charge in [0, 0.05) is 20.9 Å². The highest BCUT2D eigenvalue weighted by atomic mass is 28.3. The van der Waals surface area contributed by atoms with Crippen molar-refractivity contribution in [1.82, 2.24) is 4.90 Å². The van der Waals surface area contributed by atoms with Crippen LogP contribution in [0.4, 0.5) is 0 Å². The van der Waals surface area contributed by atoms with Crippen molar-refractivity contribution >= 4 is 14.4 Å². The molecule has 92 valence electrons. The number of aldehydes is 1. The average Bonchev–Trinajstić information content (AvgIpc) is 2.20. The molecule has 0 aliphatic carbocycles. The smallest absolute Gasteiger partial charge is 0.167 e. The molecule has 0 radical (unpaired) electrons. The Bertz CT molecular complexity index is 259. The van der Waals surface area contributed by atoms with Crippen molar-refractivity contribution in [3.8, 4) is 0 Å². The maximum Gasteiger partial charge on any atom is 0.167 e. The van der Waals surface area contributed by atoms with Crippen LogP contribution in [-0.4, -0.2) is 32.6 Å². The minimum Gasteiger partial charge on any atom is -0.395 e. The first-order chi connectivity index (χ1) is 7.39. The van der Waals surface area contributed by atoms with Crippen molar-refractivity contribution in [2.24, 2.45) is 5.73 Å². The van der Waals surface area contributed by atoms with Gasteiger partial charge in [-0.1, -0.05) is 26.2 Å². The lowest BCUT2D eigenvalue weighted by atomic mass is 10.5. The van der Waals surface area contributed by atoms with E-state index in [1.165, 1.54) is 6.20 Å². The second kappa shape index (κ2) is 7.24. The van der Waals surface area contributed by atoms with Crippen LogP contribution in [0, 0.1) is 0 Å². The Hall–Kier alpha value is -1.07. The van der Waals surface area contributed by atoms with Crippen LogP contribution < -0.4 is 5.73 Å². The predicted molar refractivity (Wildman–Crippen MR) is 69.3 cm³/mol. The van der Waals surface area contributed by atoms with Gasteiger partial charge >= 0.3 is 0 Å². The van der Waals surface area contributed by atoms with Crippen LogP contribution in [-0.2, 0) is 9.53 Å². The molecule has 0 atom stereocenters. The summed E-state index contributed by atoms with van der Waals surface area (Å²) in [5, 5.41) is 0. The van der Waals surface area contributed by atoms with Gasteiger partial charge in [0.2, 0.25) is 0 Å². The fraction of sp³-hybridized carbons (Fsp3) is 0.545. The van der Waals surface area contributed by atoms with E-state index in [0.717, 1.165) is 12.7 Å². The van der Waals surface area contributed by atoms with E-state index in [2.05, 4.69) is 26.2 Å². The number of hydrogen-bond donors (Lipinski definition) is 1. The average molecular weight is 242 g/mol. The van der Waals surface area contributed by atoms with Gasteiger partial charge in [-0.05, 0) is 12.2 Å². The summed E-state index contributed by atoms with van der Waals surface area (Å²) in [5.74, 6) is 0. The van der Waals surface area contributed by atoms with Crippen molar-refractivity contribution in [2.45, 2.75) is 25.7 Å². The Morgan fingerprint density at radius 2 is 2.12 bits per heavy atom. The Balaban J connectivity index is 3.89. The molecule has 0 aromatic rings. The molecular formula is C11H22N2O2Si. The first kappa shape index (κ1) is 14.9. The van der Waals surface area contributed by atoms with Crippen LogP contribution in [0.25, 0.3) is 0 Å². The van der Waals surface area contributed by atoms with Crippen molar-refractivity contribution in [3.05, 3.63) is 24.7 Å². The Labute approximate surface area is 98.8 Å². The highest BCUT2D eigenvalue weighted by Gasteiger charge is 2.12. The number of carbonyl (C=O) groups excluding carboxylic acids is 1. The van der Waals surface area contributed by atoms with E-state index in [-0.39, 0.29) is 5.70 Å². The molecule has 0 amide bonds. The van der Waals surface area contributed by atoms with E-state index in [0.29, 0.717) is 13.0 Å². The number of ether oxygens (including phenoxy) is 1. The topological polar surface area (TPSA) is 55.6 Å². The maximum atomic E-state index is 10.3. The molecule has 0 saturated carbocycles. The van der Waals surface area contributed by atoms with Crippen molar-refractivity contribution in [2.75, 3.05) is 13.3 Å². The van der Waals surface area contributed by atoms with E-state index in [4.69, 9.17) is 10.5 Å². The normalized spacial score (nSPS) is 12.3. The van der Waals surface area contributed by atoms with Gasteiger partial charge in [-0.2, -0.15) is 0 Å². The summed E-state index contributed by atoms with van der Waals surface area (Å²) in [4.78, 5) is 12.0. The van der Waals surface area contributed by atoms with E-state index < -0.39 is 8.07 Å². The molecule has 0 aliphatic rings. The zero-order valence-electron chi connectivity index (χ0n) is 10.4. The third kappa shape index (κ3) is 8.25. The van der Waals surface area contributed by atoms with Gasteiger partial charge in [-0.25, -0.2) is 0 Å². The molecule has 0 bridgehead atoms. The number of carbonyl (C=O) groups is 1. The fourth-order valence-corrected chi connectivity index (χ4v) is 1.67. The number of hydrogen-bond acceptors (Lipinski definition) is 4.